The first-order valence-corrected chi connectivity index (χ1v) is 7.35. The molecule has 0 spiro atoms. The number of Topliss-reactive ketones (excluding diaryl/α,β-unsaturated/α-hetero) is 2. The van der Waals surface area contributed by atoms with Crippen LogP contribution in [-0.4, -0.2) is 23.6 Å². The van der Waals surface area contributed by atoms with Gasteiger partial charge in [-0.25, -0.2) is 0 Å². The Labute approximate surface area is 138 Å². The van der Waals surface area contributed by atoms with E-state index >= 15 is 0 Å². The SMILES string of the molecule is C[C@@H](Oc1ccc(C=C2C(=O)c3ccccc3C2=O)cc1)C(=O)[O-]. The van der Waals surface area contributed by atoms with Gasteiger partial charge in [0.2, 0.25) is 0 Å². The Kier molecular flexibility index (Phi) is 4.00. The van der Waals surface area contributed by atoms with Gasteiger partial charge in [-0.15, -0.1) is 0 Å². The quantitative estimate of drug-likeness (QED) is 0.632. The Bertz CT molecular complexity index is 825. The first-order chi connectivity index (χ1) is 11.5. The number of ketones is 2. The van der Waals surface area contributed by atoms with Gasteiger partial charge < -0.3 is 14.6 Å². The zero-order valence-corrected chi connectivity index (χ0v) is 12.8. The average molecular weight is 321 g/mol. The van der Waals surface area contributed by atoms with Crippen molar-refractivity contribution < 1.29 is 24.2 Å². The number of ether oxygens (including phenoxy) is 1. The zero-order chi connectivity index (χ0) is 17.3. The maximum atomic E-state index is 12.3. The third-order valence-corrected chi connectivity index (χ3v) is 3.74. The van der Waals surface area contributed by atoms with Crippen molar-refractivity contribution in [1.82, 2.24) is 0 Å². The highest BCUT2D eigenvalue weighted by Gasteiger charge is 2.32. The van der Waals surface area contributed by atoms with Gasteiger partial charge in [-0.3, -0.25) is 9.59 Å². The average Bonchev–Trinajstić information content (AvgIpc) is 2.82. The molecule has 120 valence electrons. The zero-order valence-electron chi connectivity index (χ0n) is 12.8. The number of hydrogen-bond donors (Lipinski definition) is 0. The predicted octanol–water partition coefficient (Wildman–Crippen LogP) is 1.67. The molecule has 3 rings (SSSR count). The molecule has 5 nitrogen and oxygen atoms in total. The lowest BCUT2D eigenvalue weighted by Crippen LogP contribution is -2.37. The van der Waals surface area contributed by atoms with E-state index in [1.165, 1.54) is 13.0 Å². The molecule has 1 atom stereocenters. The van der Waals surface area contributed by atoms with Crippen LogP contribution in [0.5, 0.6) is 5.75 Å². The van der Waals surface area contributed by atoms with E-state index in [-0.39, 0.29) is 17.1 Å². The van der Waals surface area contributed by atoms with Gasteiger partial charge in [-0.1, -0.05) is 36.4 Å². The monoisotopic (exact) mass is 321 g/mol. The number of aliphatic carboxylic acids is 1. The normalized spacial score (nSPS) is 14.3. The maximum Gasteiger partial charge on any atom is 0.197 e. The number of rotatable bonds is 4. The van der Waals surface area contributed by atoms with Crippen LogP contribution >= 0.6 is 0 Å². The van der Waals surface area contributed by atoms with Crippen molar-refractivity contribution in [2.75, 3.05) is 0 Å². The minimum atomic E-state index is -1.30. The van der Waals surface area contributed by atoms with Gasteiger partial charge in [-0.05, 0) is 30.7 Å². The van der Waals surface area contributed by atoms with E-state index in [4.69, 9.17) is 4.74 Å². The molecule has 0 heterocycles. The summed E-state index contributed by atoms with van der Waals surface area (Å²) in [5, 5.41) is 10.7. The summed E-state index contributed by atoms with van der Waals surface area (Å²) in [7, 11) is 0. The Morgan fingerprint density at radius 3 is 2.04 bits per heavy atom. The minimum Gasteiger partial charge on any atom is -0.546 e. The van der Waals surface area contributed by atoms with E-state index in [0.29, 0.717) is 22.4 Å². The van der Waals surface area contributed by atoms with E-state index in [2.05, 4.69) is 0 Å². The molecule has 24 heavy (non-hydrogen) atoms. The number of carboxylic acids is 1. The third-order valence-electron chi connectivity index (χ3n) is 3.74. The van der Waals surface area contributed by atoms with Gasteiger partial charge in [0.25, 0.3) is 0 Å². The minimum absolute atomic E-state index is 0.118. The second-order valence-corrected chi connectivity index (χ2v) is 5.41. The second-order valence-electron chi connectivity index (χ2n) is 5.41. The molecule has 2 aromatic rings. The molecule has 0 saturated heterocycles. The standard InChI is InChI=1S/C19H14O5/c1-11(19(22)23)24-13-8-6-12(7-9-13)10-16-17(20)14-4-2-3-5-15(14)18(16)21/h2-11H,1H3,(H,22,23)/p-1/t11-/m1/s1. The van der Waals surface area contributed by atoms with E-state index < -0.39 is 12.1 Å². The maximum absolute atomic E-state index is 12.3. The lowest BCUT2D eigenvalue weighted by molar-refractivity contribution is -0.312. The molecule has 0 aliphatic heterocycles. The fourth-order valence-corrected chi connectivity index (χ4v) is 2.47. The smallest absolute Gasteiger partial charge is 0.197 e. The van der Waals surface area contributed by atoms with Gasteiger partial charge in [0.15, 0.2) is 11.6 Å². The molecular weight excluding hydrogens is 308 g/mol. The fraction of sp³-hybridized carbons (Fsp3) is 0.105. The number of benzene rings is 2. The highest BCUT2D eigenvalue weighted by atomic mass is 16.5. The van der Waals surface area contributed by atoms with Crippen molar-refractivity contribution >= 4 is 23.6 Å². The molecule has 1 aliphatic rings. The first kappa shape index (κ1) is 15.7. The molecule has 0 aromatic heterocycles. The van der Waals surface area contributed by atoms with Gasteiger partial charge in [0.1, 0.15) is 11.9 Å². The molecule has 0 saturated carbocycles. The summed E-state index contributed by atoms with van der Waals surface area (Å²) < 4.78 is 5.18. The van der Waals surface area contributed by atoms with Crippen LogP contribution in [0.2, 0.25) is 0 Å². The lowest BCUT2D eigenvalue weighted by Gasteiger charge is -2.15. The van der Waals surface area contributed by atoms with Crippen LogP contribution in [-0.2, 0) is 4.79 Å². The first-order valence-electron chi connectivity index (χ1n) is 7.35. The van der Waals surface area contributed by atoms with Gasteiger partial charge in [0, 0.05) is 11.1 Å². The molecule has 0 amide bonds. The van der Waals surface area contributed by atoms with Gasteiger partial charge >= 0.3 is 0 Å². The molecule has 0 radical (unpaired) electrons. The molecule has 1 aliphatic carbocycles. The largest absolute Gasteiger partial charge is 0.546 e. The van der Waals surface area contributed by atoms with Crippen LogP contribution in [0.25, 0.3) is 6.08 Å². The van der Waals surface area contributed by atoms with Crippen LogP contribution in [0.3, 0.4) is 0 Å². The summed E-state index contributed by atoms with van der Waals surface area (Å²) in [6, 6.07) is 13.1. The summed E-state index contributed by atoms with van der Waals surface area (Å²) in [5.41, 5.74) is 1.59. The summed E-state index contributed by atoms with van der Waals surface area (Å²) >= 11 is 0. The number of fused-ring (bicyclic) bond motifs is 1. The van der Waals surface area contributed by atoms with E-state index in [9.17, 15) is 19.5 Å². The number of carbonyl (C=O) groups is 3. The highest BCUT2D eigenvalue weighted by molar-refractivity contribution is 6.41. The van der Waals surface area contributed by atoms with Crippen LogP contribution in [0.15, 0.2) is 54.1 Å². The molecular formula is C19H13O5-. The second kappa shape index (κ2) is 6.12. The van der Waals surface area contributed by atoms with Crippen LogP contribution in [0, 0.1) is 0 Å². The van der Waals surface area contributed by atoms with E-state index in [0.717, 1.165) is 0 Å². The van der Waals surface area contributed by atoms with Crippen LogP contribution in [0.1, 0.15) is 33.2 Å². The molecule has 2 aromatic carbocycles. The predicted molar refractivity (Wildman–Crippen MR) is 84.6 cm³/mol. The molecule has 0 bridgehead atoms. The molecule has 0 unspecified atom stereocenters. The Morgan fingerprint density at radius 1 is 1.00 bits per heavy atom. The Hall–Kier alpha value is -3.21. The van der Waals surface area contributed by atoms with Crippen molar-refractivity contribution in [3.8, 4) is 5.75 Å². The third kappa shape index (κ3) is 2.84. The van der Waals surface area contributed by atoms with Crippen LogP contribution < -0.4 is 9.84 Å². The van der Waals surface area contributed by atoms with Crippen molar-refractivity contribution in [2.24, 2.45) is 0 Å². The Morgan fingerprint density at radius 2 is 1.54 bits per heavy atom. The number of carboxylic acid groups (broad SMARTS) is 1. The van der Waals surface area contributed by atoms with E-state index in [1.54, 1.807) is 48.5 Å². The van der Waals surface area contributed by atoms with Gasteiger partial charge in [-0.2, -0.15) is 0 Å². The van der Waals surface area contributed by atoms with Gasteiger partial charge in [0.05, 0.1) is 11.5 Å². The summed E-state index contributed by atoms with van der Waals surface area (Å²) in [6.45, 7) is 1.37. The highest BCUT2D eigenvalue weighted by Crippen LogP contribution is 2.28. The topological polar surface area (TPSA) is 83.5 Å². The summed E-state index contributed by atoms with van der Waals surface area (Å²) in [6.07, 6.45) is 0.457. The fourth-order valence-electron chi connectivity index (χ4n) is 2.47. The molecule has 5 heteroatoms. The molecule has 0 fully saturated rings. The number of allylic oxidation sites excluding steroid dienone is 1. The number of carbonyl (C=O) groups excluding carboxylic acids is 3. The van der Waals surface area contributed by atoms with Crippen molar-refractivity contribution in [3.05, 3.63) is 70.8 Å². The summed E-state index contributed by atoms with van der Waals surface area (Å²) in [5.74, 6) is -1.52. The Balaban J connectivity index is 1.84. The van der Waals surface area contributed by atoms with Crippen LogP contribution in [0.4, 0.5) is 0 Å². The number of hydrogen-bond acceptors (Lipinski definition) is 5. The van der Waals surface area contributed by atoms with Crippen molar-refractivity contribution in [1.29, 1.82) is 0 Å². The van der Waals surface area contributed by atoms with Crippen molar-refractivity contribution in [2.45, 2.75) is 13.0 Å². The van der Waals surface area contributed by atoms with Crippen molar-refractivity contribution in [3.63, 3.8) is 0 Å². The lowest BCUT2D eigenvalue weighted by atomic mass is 10.1. The molecule has 0 N–H and O–H groups in total. The van der Waals surface area contributed by atoms with E-state index in [1.807, 2.05) is 0 Å². The summed E-state index contributed by atoms with van der Waals surface area (Å²) in [4.78, 5) is 35.3.